The molecule has 0 aliphatic rings. The van der Waals surface area contributed by atoms with Crippen molar-refractivity contribution >= 4 is 15.9 Å². The quantitative estimate of drug-likeness (QED) is 0.412. The molecule has 186 valence electrons. The Kier molecular flexibility index (Phi) is 9.11. The molecule has 0 saturated carbocycles. The van der Waals surface area contributed by atoms with Crippen LogP contribution in [0.4, 0.5) is 0 Å². The molecule has 0 bridgehead atoms. The lowest BCUT2D eigenvalue weighted by Crippen LogP contribution is -2.41. The second-order valence-electron chi connectivity index (χ2n) is 7.72. The number of methoxy groups -OCH3 is 3. The second kappa shape index (κ2) is 12.2. The first-order valence-corrected chi connectivity index (χ1v) is 12.5. The van der Waals surface area contributed by atoms with Crippen LogP contribution >= 0.6 is 0 Å². The lowest BCUT2D eigenvalue weighted by atomic mass is 10.1. The number of sulfonamides is 1. The van der Waals surface area contributed by atoms with E-state index < -0.39 is 15.9 Å². The number of nitrogens with zero attached hydrogens (tertiary/aromatic N) is 1. The maximum atomic E-state index is 13.4. The average Bonchev–Trinajstić information content (AvgIpc) is 2.90. The van der Waals surface area contributed by atoms with Gasteiger partial charge < -0.3 is 19.5 Å². The van der Waals surface area contributed by atoms with Crippen LogP contribution in [0.1, 0.15) is 11.1 Å². The summed E-state index contributed by atoms with van der Waals surface area (Å²) < 4.78 is 43.6. The van der Waals surface area contributed by atoms with Crippen molar-refractivity contribution < 1.29 is 27.4 Å². The highest BCUT2D eigenvalue weighted by Gasteiger charge is 2.26. The summed E-state index contributed by atoms with van der Waals surface area (Å²) in [6.45, 7) is 0.0605. The zero-order valence-electron chi connectivity index (χ0n) is 20.1. The fourth-order valence-electron chi connectivity index (χ4n) is 3.49. The summed E-state index contributed by atoms with van der Waals surface area (Å²) in [6.07, 6.45) is 0.471. The number of rotatable bonds is 12. The third kappa shape index (κ3) is 6.97. The Balaban J connectivity index is 1.74. The van der Waals surface area contributed by atoms with Gasteiger partial charge in [0.05, 0.1) is 32.8 Å². The SMILES string of the molecule is COc1ccc(S(=O)(=O)N(CCc2ccccc2)CC(=O)NCc2ccc(OC)c(OC)c2)cc1. The van der Waals surface area contributed by atoms with Gasteiger partial charge in [-0.15, -0.1) is 0 Å². The monoisotopic (exact) mass is 498 g/mol. The van der Waals surface area contributed by atoms with Crippen LogP contribution in [0, 0.1) is 0 Å². The van der Waals surface area contributed by atoms with Gasteiger partial charge in [-0.2, -0.15) is 4.31 Å². The molecule has 0 atom stereocenters. The summed E-state index contributed by atoms with van der Waals surface area (Å²) in [5, 5.41) is 2.80. The first-order valence-electron chi connectivity index (χ1n) is 11.0. The van der Waals surface area contributed by atoms with Crippen LogP contribution in [0.15, 0.2) is 77.7 Å². The van der Waals surface area contributed by atoms with E-state index >= 15 is 0 Å². The van der Waals surface area contributed by atoms with Crippen LogP contribution in [0.5, 0.6) is 17.2 Å². The maximum Gasteiger partial charge on any atom is 0.243 e. The van der Waals surface area contributed by atoms with Gasteiger partial charge in [0, 0.05) is 13.1 Å². The standard InChI is InChI=1S/C26H30N2O6S/c1-32-22-10-12-23(13-11-22)35(30,31)28(16-15-20-7-5-4-6-8-20)19-26(29)27-18-21-9-14-24(33-2)25(17-21)34-3/h4-14,17H,15-16,18-19H2,1-3H3,(H,27,29). The van der Waals surface area contributed by atoms with E-state index in [9.17, 15) is 13.2 Å². The van der Waals surface area contributed by atoms with E-state index in [0.717, 1.165) is 11.1 Å². The van der Waals surface area contributed by atoms with Crippen LogP contribution in [-0.4, -0.2) is 53.0 Å². The molecule has 0 aromatic heterocycles. The van der Waals surface area contributed by atoms with Crippen molar-refractivity contribution in [2.75, 3.05) is 34.4 Å². The Morgan fingerprint density at radius 3 is 2.14 bits per heavy atom. The summed E-state index contributed by atoms with van der Waals surface area (Å²) in [5.41, 5.74) is 1.78. The molecular formula is C26H30N2O6S. The van der Waals surface area contributed by atoms with E-state index in [1.807, 2.05) is 36.4 Å². The average molecular weight is 499 g/mol. The number of carbonyl (C=O) groups is 1. The molecule has 35 heavy (non-hydrogen) atoms. The molecule has 3 rings (SSSR count). The molecule has 0 unspecified atom stereocenters. The lowest BCUT2D eigenvalue weighted by Gasteiger charge is -2.22. The normalized spacial score (nSPS) is 11.2. The molecule has 8 nitrogen and oxygen atoms in total. The third-order valence-electron chi connectivity index (χ3n) is 5.45. The molecular weight excluding hydrogens is 468 g/mol. The Hall–Kier alpha value is -3.56. The van der Waals surface area contributed by atoms with Crippen LogP contribution in [-0.2, 0) is 27.8 Å². The van der Waals surface area contributed by atoms with Crippen LogP contribution in [0.2, 0.25) is 0 Å². The zero-order valence-corrected chi connectivity index (χ0v) is 20.9. The number of benzene rings is 3. The highest BCUT2D eigenvalue weighted by Crippen LogP contribution is 2.27. The number of carbonyl (C=O) groups excluding carboxylic acids is 1. The number of hydrogen-bond acceptors (Lipinski definition) is 6. The molecule has 1 amide bonds. The minimum atomic E-state index is -3.91. The van der Waals surface area contributed by atoms with Gasteiger partial charge in [-0.1, -0.05) is 36.4 Å². The third-order valence-corrected chi connectivity index (χ3v) is 7.31. The van der Waals surface area contributed by atoms with E-state index in [2.05, 4.69) is 5.32 Å². The highest BCUT2D eigenvalue weighted by atomic mass is 32.2. The lowest BCUT2D eigenvalue weighted by molar-refractivity contribution is -0.121. The van der Waals surface area contributed by atoms with Gasteiger partial charge in [-0.05, 0) is 53.9 Å². The summed E-state index contributed by atoms with van der Waals surface area (Å²) in [6, 6.07) is 21.0. The van der Waals surface area contributed by atoms with Gasteiger partial charge in [0.2, 0.25) is 15.9 Å². The molecule has 1 N–H and O–H groups in total. The maximum absolute atomic E-state index is 13.4. The molecule has 0 saturated heterocycles. The number of nitrogens with one attached hydrogen (secondary N) is 1. The summed E-state index contributed by atoms with van der Waals surface area (Å²) >= 11 is 0. The van der Waals surface area contributed by atoms with E-state index in [4.69, 9.17) is 14.2 Å². The molecule has 3 aromatic rings. The fourth-order valence-corrected chi connectivity index (χ4v) is 4.88. The summed E-state index contributed by atoms with van der Waals surface area (Å²) in [5.74, 6) is 1.27. The molecule has 9 heteroatoms. The Morgan fingerprint density at radius 1 is 0.829 bits per heavy atom. The first kappa shape index (κ1) is 26.1. The van der Waals surface area contributed by atoms with Gasteiger partial charge >= 0.3 is 0 Å². The number of amides is 1. The van der Waals surface area contributed by atoms with Gasteiger partial charge in [-0.3, -0.25) is 4.79 Å². The van der Waals surface area contributed by atoms with Crippen molar-refractivity contribution in [2.45, 2.75) is 17.9 Å². The predicted molar refractivity (Wildman–Crippen MR) is 133 cm³/mol. The zero-order chi connectivity index (χ0) is 25.3. The van der Waals surface area contributed by atoms with Crippen molar-refractivity contribution in [1.29, 1.82) is 0 Å². The van der Waals surface area contributed by atoms with E-state index in [0.29, 0.717) is 23.7 Å². The second-order valence-corrected chi connectivity index (χ2v) is 9.65. The Morgan fingerprint density at radius 2 is 1.51 bits per heavy atom. The molecule has 0 fully saturated rings. The van der Waals surface area contributed by atoms with Gasteiger partial charge in [-0.25, -0.2) is 8.42 Å². The van der Waals surface area contributed by atoms with E-state index in [1.54, 1.807) is 31.4 Å². The summed E-state index contributed by atoms with van der Waals surface area (Å²) in [7, 11) is 0.684. The van der Waals surface area contributed by atoms with Crippen molar-refractivity contribution in [3.63, 3.8) is 0 Å². The van der Waals surface area contributed by atoms with E-state index in [1.165, 1.54) is 30.7 Å². The van der Waals surface area contributed by atoms with Crippen molar-refractivity contribution in [1.82, 2.24) is 9.62 Å². The van der Waals surface area contributed by atoms with Crippen molar-refractivity contribution in [2.24, 2.45) is 0 Å². The molecule has 0 aliphatic carbocycles. The number of hydrogen-bond donors (Lipinski definition) is 1. The Bertz CT molecular complexity index is 1210. The highest BCUT2D eigenvalue weighted by molar-refractivity contribution is 7.89. The molecule has 3 aromatic carbocycles. The molecule has 0 heterocycles. The smallest absolute Gasteiger partial charge is 0.243 e. The van der Waals surface area contributed by atoms with Crippen LogP contribution < -0.4 is 19.5 Å². The van der Waals surface area contributed by atoms with Crippen molar-refractivity contribution in [3.05, 3.63) is 83.9 Å². The predicted octanol–water partition coefficient (Wildman–Crippen LogP) is 3.26. The van der Waals surface area contributed by atoms with Crippen molar-refractivity contribution in [3.8, 4) is 17.2 Å². The fraction of sp³-hybridized carbons (Fsp3) is 0.269. The van der Waals surface area contributed by atoms with Gasteiger partial charge in [0.15, 0.2) is 11.5 Å². The molecule has 0 radical (unpaired) electrons. The van der Waals surface area contributed by atoms with Crippen LogP contribution in [0.25, 0.3) is 0 Å². The van der Waals surface area contributed by atoms with E-state index in [-0.39, 0.29) is 24.5 Å². The Labute approximate surface area is 206 Å². The van der Waals surface area contributed by atoms with Gasteiger partial charge in [0.1, 0.15) is 5.75 Å². The number of ether oxygens (including phenoxy) is 3. The summed E-state index contributed by atoms with van der Waals surface area (Å²) in [4.78, 5) is 12.9. The molecule has 0 aliphatic heterocycles. The first-order chi connectivity index (χ1) is 16.9. The van der Waals surface area contributed by atoms with Gasteiger partial charge in [0.25, 0.3) is 0 Å². The topological polar surface area (TPSA) is 94.2 Å². The largest absolute Gasteiger partial charge is 0.497 e. The van der Waals surface area contributed by atoms with Crippen LogP contribution in [0.3, 0.4) is 0 Å². The molecule has 0 spiro atoms. The minimum Gasteiger partial charge on any atom is -0.497 e. The minimum absolute atomic E-state index is 0.0963.